The third-order valence-electron chi connectivity index (χ3n) is 7.82. The zero-order chi connectivity index (χ0) is 27.5. The number of carbonyl (C=O) groups excluding carboxylic acids is 3. The Bertz CT molecular complexity index is 987. The van der Waals surface area contributed by atoms with E-state index < -0.39 is 23.5 Å². The number of hydrogen-bond donors (Lipinski definition) is 2. The minimum atomic E-state index is -0.642. The van der Waals surface area contributed by atoms with Gasteiger partial charge in [-0.2, -0.15) is 0 Å². The van der Waals surface area contributed by atoms with E-state index in [2.05, 4.69) is 43.3 Å². The van der Waals surface area contributed by atoms with Gasteiger partial charge in [0.25, 0.3) is 0 Å². The summed E-state index contributed by atoms with van der Waals surface area (Å²) in [5.74, 6) is 0.766. The second-order valence-electron chi connectivity index (χ2n) is 13.2. The molecule has 2 N–H and O–H groups in total. The van der Waals surface area contributed by atoms with Gasteiger partial charge in [-0.3, -0.25) is 14.9 Å². The predicted molar refractivity (Wildman–Crippen MR) is 146 cm³/mol. The number of nitrogens with one attached hydrogen (secondary N) is 2. The zero-order valence-corrected chi connectivity index (χ0v) is 23.9. The highest BCUT2D eigenvalue weighted by Gasteiger charge is 2.40. The summed E-state index contributed by atoms with van der Waals surface area (Å²) in [6.45, 7) is 16.8. The van der Waals surface area contributed by atoms with Crippen molar-refractivity contribution in [1.82, 2.24) is 9.88 Å². The third kappa shape index (κ3) is 7.92. The molecule has 0 spiro atoms. The van der Waals surface area contributed by atoms with Gasteiger partial charge < -0.3 is 15.0 Å². The fraction of sp³-hybridized carbons (Fsp3) is 0.724. The molecule has 0 unspecified atom stereocenters. The molecule has 1 saturated heterocycles. The van der Waals surface area contributed by atoms with E-state index in [0.717, 1.165) is 25.7 Å². The van der Waals surface area contributed by atoms with Gasteiger partial charge in [0, 0.05) is 12.6 Å². The first-order valence-electron chi connectivity index (χ1n) is 13.7. The molecule has 3 rings (SSSR count). The smallest absolute Gasteiger partial charge is 0.413 e. The Balaban J connectivity index is 1.64. The molecule has 37 heavy (non-hydrogen) atoms. The number of hydrogen-bond acceptors (Lipinski definition) is 5. The number of nitrogens with zero attached hydrogens (tertiary/aromatic N) is 2. The molecule has 1 aliphatic carbocycles. The Morgan fingerprint density at radius 2 is 1.62 bits per heavy atom. The normalized spacial score (nSPS) is 24.8. The van der Waals surface area contributed by atoms with Crippen molar-refractivity contribution < 1.29 is 19.1 Å². The molecule has 0 bridgehead atoms. The van der Waals surface area contributed by atoms with Crippen molar-refractivity contribution in [1.29, 1.82) is 0 Å². The Hall–Kier alpha value is -2.64. The minimum absolute atomic E-state index is 0.121. The van der Waals surface area contributed by atoms with E-state index in [9.17, 15) is 14.4 Å². The van der Waals surface area contributed by atoms with Crippen LogP contribution in [0.5, 0.6) is 0 Å². The summed E-state index contributed by atoms with van der Waals surface area (Å²) >= 11 is 0. The summed E-state index contributed by atoms with van der Waals surface area (Å²) in [4.78, 5) is 44.6. The summed E-state index contributed by atoms with van der Waals surface area (Å²) in [5, 5.41) is 5.35. The molecular formula is C29H46N4O4. The lowest BCUT2D eigenvalue weighted by Gasteiger charge is -2.46. The molecular weight excluding hydrogens is 468 g/mol. The van der Waals surface area contributed by atoms with E-state index in [1.54, 1.807) is 33.8 Å². The van der Waals surface area contributed by atoms with E-state index in [1.807, 2.05) is 4.90 Å². The topological polar surface area (TPSA) is 101 Å². The Kier molecular flexibility index (Phi) is 8.91. The maximum Gasteiger partial charge on any atom is 0.413 e. The van der Waals surface area contributed by atoms with Gasteiger partial charge in [0.15, 0.2) is 0 Å². The van der Waals surface area contributed by atoms with Crippen molar-refractivity contribution in [2.75, 3.05) is 17.2 Å². The second-order valence-corrected chi connectivity index (χ2v) is 13.2. The molecule has 206 valence electrons. The number of pyridine rings is 1. The van der Waals surface area contributed by atoms with Crippen molar-refractivity contribution in [2.24, 2.45) is 23.2 Å². The summed E-state index contributed by atoms with van der Waals surface area (Å²) in [6, 6.07) is 1.81. The number of piperidine rings is 1. The average Bonchev–Trinajstić information content (AvgIpc) is 2.78. The maximum absolute atomic E-state index is 13.4. The van der Waals surface area contributed by atoms with Gasteiger partial charge in [0.05, 0.1) is 11.9 Å². The molecule has 8 nitrogen and oxygen atoms in total. The number of likely N-dealkylation sites (tertiary alicyclic amines) is 1. The highest BCUT2D eigenvalue weighted by Crippen LogP contribution is 2.43. The van der Waals surface area contributed by atoms with Crippen LogP contribution in [0, 0.1) is 30.1 Å². The third-order valence-corrected chi connectivity index (χ3v) is 7.82. The first kappa shape index (κ1) is 28.9. The summed E-state index contributed by atoms with van der Waals surface area (Å²) in [6.07, 6.45) is 7.47. The molecule has 2 fully saturated rings. The van der Waals surface area contributed by atoms with Crippen LogP contribution in [0.15, 0.2) is 12.3 Å². The number of anilines is 2. The van der Waals surface area contributed by atoms with Gasteiger partial charge >= 0.3 is 17.9 Å². The molecule has 3 amide bonds. The standard InChI is InChI=1S/C29H46N4O4/c1-18-9-14-23(20-10-12-21(13-11-20)28(3,4)5)33(17-18)26(35)25(34)31-22-15-19(2)24(30-16-22)32-27(36)37-29(6,7)8/h15-16,18,20-21,23H,9-14,17H2,1-8H3,(H,31,34)(H,30,32,36)/t18-,20?,21?,23+/m0/s1. The van der Waals surface area contributed by atoms with Crippen molar-refractivity contribution in [3.8, 4) is 0 Å². The molecule has 2 aliphatic rings. The lowest BCUT2D eigenvalue weighted by Crippen LogP contribution is -2.53. The highest BCUT2D eigenvalue weighted by molar-refractivity contribution is 6.39. The quantitative estimate of drug-likeness (QED) is 0.471. The van der Waals surface area contributed by atoms with Gasteiger partial charge in [-0.15, -0.1) is 0 Å². The fourth-order valence-corrected chi connectivity index (χ4v) is 5.76. The van der Waals surface area contributed by atoms with Crippen LogP contribution < -0.4 is 10.6 Å². The Labute approximate surface area is 222 Å². The van der Waals surface area contributed by atoms with E-state index in [-0.39, 0.29) is 6.04 Å². The van der Waals surface area contributed by atoms with Crippen LogP contribution in [0.3, 0.4) is 0 Å². The van der Waals surface area contributed by atoms with Gasteiger partial charge in [0.2, 0.25) is 0 Å². The van der Waals surface area contributed by atoms with E-state index in [1.165, 1.54) is 19.0 Å². The lowest BCUT2D eigenvalue weighted by atomic mass is 9.67. The molecule has 1 aromatic rings. The first-order chi connectivity index (χ1) is 17.1. The number of amides is 3. The SMILES string of the molecule is Cc1cc(NC(=O)C(=O)N2C[C@@H](C)CC[C@@H]2C2CCC(C(C)(C)C)CC2)cnc1NC(=O)OC(C)(C)C. The Morgan fingerprint density at radius 3 is 2.19 bits per heavy atom. The van der Waals surface area contributed by atoms with Crippen LogP contribution in [0.1, 0.15) is 92.6 Å². The first-order valence-corrected chi connectivity index (χ1v) is 13.7. The molecule has 2 heterocycles. The molecule has 0 aromatic carbocycles. The second kappa shape index (κ2) is 11.4. The van der Waals surface area contributed by atoms with Crippen LogP contribution >= 0.6 is 0 Å². The van der Waals surface area contributed by atoms with Crippen LogP contribution in [0.25, 0.3) is 0 Å². The largest absolute Gasteiger partial charge is 0.444 e. The number of aromatic nitrogens is 1. The van der Waals surface area contributed by atoms with E-state index >= 15 is 0 Å². The minimum Gasteiger partial charge on any atom is -0.444 e. The number of ether oxygens (including phenoxy) is 1. The molecule has 2 atom stereocenters. The maximum atomic E-state index is 13.4. The zero-order valence-electron chi connectivity index (χ0n) is 23.9. The summed E-state index contributed by atoms with van der Waals surface area (Å²) < 4.78 is 5.27. The lowest BCUT2D eigenvalue weighted by molar-refractivity contribution is -0.148. The van der Waals surface area contributed by atoms with E-state index in [4.69, 9.17) is 4.74 Å². The Morgan fingerprint density at radius 1 is 0.973 bits per heavy atom. The molecule has 8 heteroatoms. The van der Waals surface area contributed by atoms with Crippen LogP contribution in [0.2, 0.25) is 0 Å². The number of carbonyl (C=O) groups is 3. The van der Waals surface area contributed by atoms with Gasteiger partial charge in [-0.25, -0.2) is 9.78 Å². The van der Waals surface area contributed by atoms with Crippen LogP contribution in [-0.2, 0) is 14.3 Å². The number of aryl methyl sites for hydroxylation is 1. The molecule has 1 aromatic heterocycles. The van der Waals surface area contributed by atoms with Crippen LogP contribution in [-0.4, -0.2) is 46.0 Å². The van der Waals surface area contributed by atoms with Crippen molar-refractivity contribution in [3.05, 3.63) is 17.8 Å². The van der Waals surface area contributed by atoms with Gasteiger partial charge in [-0.05, 0) is 101 Å². The fourth-order valence-electron chi connectivity index (χ4n) is 5.76. The van der Waals surface area contributed by atoms with Crippen LogP contribution in [0.4, 0.5) is 16.3 Å². The number of rotatable bonds is 3. The van der Waals surface area contributed by atoms with E-state index in [0.29, 0.717) is 46.8 Å². The monoisotopic (exact) mass is 514 g/mol. The average molecular weight is 515 g/mol. The molecule has 0 radical (unpaired) electrons. The highest BCUT2D eigenvalue weighted by atomic mass is 16.6. The summed E-state index contributed by atoms with van der Waals surface area (Å²) in [7, 11) is 0. The van der Waals surface area contributed by atoms with Crippen molar-refractivity contribution >= 4 is 29.4 Å². The van der Waals surface area contributed by atoms with Crippen molar-refractivity contribution in [3.63, 3.8) is 0 Å². The molecule has 1 aliphatic heterocycles. The van der Waals surface area contributed by atoms with Crippen molar-refractivity contribution in [2.45, 2.75) is 106 Å². The predicted octanol–water partition coefficient (Wildman–Crippen LogP) is 6.16. The molecule has 1 saturated carbocycles. The summed E-state index contributed by atoms with van der Waals surface area (Å²) in [5.41, 5.74) is 0.752. The van der Waals surface area contributed by atoms with Gasteiger partial charge in [-0.1, -0.05) is 27.7 Å². The van der Waals surface area contributed by atoms with Gasteiger partial charge in [0.1, 0.15) is 11.4 Å².